The Kier molecular flexibility index (Phi) is 8.20. The second-order valence-electron chi connectivity index (χ2n) is 9.39. The summed E-state index contributed by atoms with van der Waals surface area (Å²) in [6, 6.07) is 16.4. The van der Waals surface area contributed by atoms with E-state index in [1.54, 1.807) is 48.8 Å². The summed E-state index contributed by atoms with van der Waals surface area (Å²) in [7, 11) is 3.14. The standard InChI is InChI=1S/C29H29N5O5S/c1-38-20-7-5-6-18(14-20)15-26(35)32-33-27(36)24-17-40-28(31-24)19-10-12-34(13-11-19)29(37)23-16-25(39-2)21-8-3-4-9-22(21)30-23/h3-9,14,16-17,19H,10-13,15H2,1-2H3,(H,32,35)(H,33,36). The highest BCUT2D eigenvalue weighted by molar-refractivity contribution is 7.09. The number of hydrogen-bond donors (Lipinski definition) is 2. The van der Waals surface area contributed by atoms with Crippen LogP contribution < -0.4 is 20.3 Å². The van der Waals surface area contributed by atoms with Crippen molar-refractivity contribution in [2.24, 2.45) is 0 Å². The average molecular weight is 560 g/mol. The van der Waals surface area contributed by atoms with E-state index in [0.717, 1.165) is 28.8 Å². The average Bonchev–Trinajstić information content (AvgIpc) is 3.50. The van der Waals surface area contributed by atoms with E-state index >= 15 is 0 Å². The number of ether oxygens (including phenoxy) is 2. The number of para-hydroxylation sites is 1. The molecule has 0 aliphatic carbocycles. The number of likely N-dealkylation sites (tertiary alicyclic amines) is 1. The lowest BCUT2D eigenvalue weighted by molar-refractivity contribution is -0.121. The van der Waals surface area contributed by atoms with Crippen molar-refractivity contribution in [1.82, 2.24) is 25.7 Å². The zero-order chi connectivity index (χ0) is 28.1. The van der Waals surface area contributed by atoms with Crippen LogP contribution >= 0.6 is 11.3 Å². The van der Waals surface area contributed by atoms with Gasteiger partial charge in [-0.05, 0) is 42.7 Å². The Morgan fingerprint density at radius 3 is 2.52 bits per heavy atom. The number of thiazole rings is 1. The van der Waals surface area contributed by atoms with Gasteiger partial charge in [0, 0.05) is 35.8 Å². The second kappa shape index (κ2) is 12.1. The van der Waals surface area contributed by atoms with E-state index in [2.05, 4.69) is 20.8 Å². The molecular formula is C29H29N5O5S. The van der Waals surface area contributed by atoms with Gasteiger partial charge >= 0.3 is 0 Å². The van der Waals surface area contributed by atoms with Gasteiger partial charge in [-0.15, -0.1) is 11.3 Å². The molecule has 1 saturated heterocycles. The number of hydrogen-bond acceptors (Lipinski definition) is 8. The van der Waals surface area contributed by atoms with Crippen LogP contribution in [0.3, 0.4) is 0 Å². The van der Waals surface area contributed by atoms with E-state index in [9.17, 15) is 14.4 Å². The van der Waals surface area contributed by atoms with Crippen molar-refractivity contribution in [3.8, 4) is 11.5 Å². The molecule has 0 spiro atoms. The minimum atomic E-state index is -0.481. The number of piperidine rings is 1. The Labute approximate surface area is 235 Å². The number of pyridine rings is 1. The zero-order valence-electron chi connectivity index (χ0n) is 22.2. The van der Waals surface area contributed by atoms with Gasteiger partial charge in [0.25, 0.3) is 11.8 Å². The molecule has 0 bridgehead atoms. The van der Waals surface area contributed by atoms with Crippen LogP contribution in [0.5, 0.6) is 11.5 Å². The van der Waals surface area contributed by atoms with E-state index in [4.69, 9.17) is 9.47 Å². The molecule has 1 fully saturated rings. The molecule has 11 heteroatoms. The van der Waals surface area contributed by atoms with Crippen LogP contribution in [-0.2, 0) is 11.2 Å². The fraction of sp³-hybridized carbons (Fsp3) is 0.276. The monoisotopic (exact) mass is 559 g/mol. The summed E-state index contributed by atoms with van der Waals surface area (Å²) in [6.45, 7) is 1.11. The first kappa shape index (κ1) is 27.1. The summed E-state index contributed by atoms with van der Waals surface area (Å²) in [5.41, 5.74) is 6.94. The van der Waals surface area contributed by atoms with Crippen molar-refractivity contribution in [2.45, 2.75) is 25.2 Å². The molecule has 206 valence electrons. The Balaban J connectivity index is 1.14. The Hall–Kier alpha value is -4.51. The van der Waals surface area contributed by atoms with E-state index in [0.29, 0.717) is 35.8 Å². The minimum absolute atomic E-state index is 0.0958. The summed E-state index contributed by atoms with van der Waals surface area (Å²) < 4.78 is 10.7. The summed E-state index contributed by atoms with van der Waals surface area (Å²) in [5.74, 6) is 0.445. The molecule has 40 heavy (non-hydrogen) atoms. The van der Waals surface area contributed by atoms with Crippen LogP contribution in [0.4, 0.5) is 0 Å². The molecule has 1 aliphatic heterocycles. The lowest BCUT2D eigenvalue weighted by Crippen LogP contribution is -2.42. The number of nitrogens with one attached hydrogen (secondary N) is 2. The van der Waals surface area contributed by atoms with Crippen LogP contribution in [0.25, 0.3) is 10.9 Å². The van der Waals surface area contributed by atoms with Gasteiger partial charge in [-0.3, -0.25) is 25.2 Å². The van der Waals surface area contributed by atoms with Gasteiger partial charge in [0.15, 0.2) is 0 Å². The topological polar surface area (TPSA) is 123 Å². The van der Waals surface area contributed by atoms with Crippen molar-refractivity contribution < 1.29 is 23.9 Å². The highest BCUT2D eigenvalue weighted by Gasteiger charge is 2.28. The first-order valence-corrected chi connectivity index (χ1v) is 13.7. The van der Waals surface area contributed by atoms with Crippen LogP contribution in [0.2, 0.25) is 0 Å². The molecule has 5 rings (SSSR count). The van der Waals surface area contributed by atoms with Crippen molar-refractivity contribution in [3.05, 3.63) is 81.9 Å². The Bertz CT molecular complexity index is 1550. The molecule has 10 nitrogen and oxygen atoms in total. The molecule has 2 aromatic carbocycles. The zero-order valence-corrected chi connectivity index (χ0v) is 23.0. The molecule has 0 unspecified atom stereocenters. The van der Waals surface area contributed by atoms with Crippen LogP contribution in [0.15, 0.2) is 60.0 Å². The Morgan fingerprint density at radius 2 is 1.75 bits per heavy atom. The SMILES string of the molecule is COc1cccc(CC(=O)NNC(=O)c2csc(C3CCN(C(=O)c4cc(OC)c5ccccc5n4)CC3)n2)c1. The molecule has 4 aromatic rings. The fourth-order valence-electron chi connectivity index (χ4n) is 4.70. The number of aromatic nitrogens is 2. The number of nitrogens with zero attached hydrogens (tertiary/aromatic N) is 3. The van der Waals surface area contributed by atoms with Crippen LogP contribution in [0, 0.1) is 0 Å². The maximum absolute atomic E-state index is 13.2. The largest absolute Gasteiger partial charge is 0.497 e. The van der Waals surface area contributed by atoms with E-state index < -0.39 is 5.91 Å². The lowest BCUT2D eigenvalue weighted by Gasteiger charge is -2.31. The van der Waals surface area contributed by atoms with Gasteiger partial charge < -0.3 is 14.4 Å². The molecule has 2 N–H and O–H groups in total. The van der Waals surface area contributed by atoms with Gasteiger partial charge in [0.1, 0.15) is 22.9 Å². The first-order chi connectivity index (χ1) is 19.4. The van der Waals surface area contributed by atoms with E-state index in [-0.39, 0.29) is 29.8 Å². The van der Waals surface area contributed by atoms with E-state index in [1.807, 2.05) is 30.3 Å². The lowest BCUT2D eigenvalue weighted by atomic mass is 9.97. The van der Waals surface area contributed by atoms with Crippen molar-refractivity contribution in [1.29, 1.82) is 0 Å². The normalized spacial score (nSPS) is 13.6. The van der Waals surface area contributed by atoms with E-state index in [1.165, 1.54) is 11.3 Å². The predicted octanol–water partition coefficient (Wildman–Crippen LogP) is 3.73. The molecule has 3 heterocycles. The molecular weight excluding hydrogens is 530 g/mol. The van der Waals surface area contributed by atoms with Crippen molar-refractivity contribution in [2.75, 3.05) is 27.3 Å². The summed E-state index contributed by atoms with van der Waals surface area (Å²) in [4.78, 5) is 48.9. The van der Waals surface area contributed by atoms with Gasteiger partial charge in [-0.25, -0.2) is 9.97 Å². The summed E-state index contributed by atoms with van der Waals surface area (Å²) in [6.07, 6.45) is 1.54. The second-order valence-corrected chi connectivity index (χ2v) is 10.3. The number of benzene rings is 2. The molecule has 0 saturated carbocycles. The number of rotatable bonds is 7. The van der Waals surface area contributed by atoms with Crippen molar-refractivity contribution in [3.63, 3.8) is 0 Å². The highest BCUT2D eigenvalue weighted by Crippen LogP contribution is 2.32. The first-order valence-electron chi connectivity index (χ1n) is 12.9. The number of carbonyl (C=O) groups excluding carboxylic acids is 3. The number of hydrazine groups is 1. The Morgan fingerprint density at radius 1 is 0.950 bits per heavy atom. The predicted molar refractivity (Wildman–Crippen MR) is 151 cm³/mol. The van der Waals surface area contributed by atoms with Gasteiger partial charge in [-0.2, -0.15) is 0 Å². The maximum Gasteiger partial charge on any atom is 0.289 e. The molecule has 1 aliphatic rings. The van der Waals surface area contributed by atoms with Gasteiger partial charge in [-0.1, -0.05) is 24.3 Å². The molecule has 3 amide bonds. The maximum atomic E-state index is 13.2. The minimum Gasteiger partial charge on any atom is -0.497 e. The number of carbonyl (C=O) groups is 3. The van der Waals surface area contributed by atoms with Gasteiger partial charge in [0.05, 0.1) is 31.2 Å². The quantitative estimate of drug-likeness (QED) is 0.331. The summed E-state index contributed by atoms with van der Waals surface area (Å²) in [5, 5.41) is 3.38. The third kappa shape index (κ3) is 6.04. The van der Waals surface area contributed by atoms with Crippen LogP contribution in [0.1, 0.15) is 50.3 Å². The third-order valence-electron chi connectivity index (χ3n) is 6.82. The smallest absolute Gasteiger partial charge is 0.289 e. The highest BCUT2D eigenvalue weighted by atomic mass is 32.1. The number of amides is 3. The van der Waals surface area contributed by atoms with Crippen molar-refractivity contribution >= 4 is 40.0 Å². The van der Waals surface area contributed by atoms with Gasteiger partial charge in [0.2, 0.25) is 5.91 Å². The number of fused-ring (bicyclic) bond motifs is 1. The molecule has 0 radical (unpaired) electrons. The third-order valence-corrected chi connectivity index (χ3v) is 7.82. The molecule has 2 aromatic heterocycles. The summed E-state index contributed by atoms with van der Waals surface area (Å²) >= 11 is 1.41. The van der Waals surface area contributed by atoms with Crippen LogP contribution in [-0.4, -0.2) is 59.9 Å². The fourth-order valence-corrected chi connectivity index (χ4v) is 5.67. The molecule has 0 atom stereocenters. The number of methoxy groups -OCH3 is 2.